The summed E-state index contributed by atoms with van der Waals surface area (Å²) in [5.41, 5.74) is 5.47. The van der Waals surface area contributed by atoms with E-state index in [0.29, 0.717) is 37.9 Å². The van der Waals surface area contributed by atoms with E-state index in [1.54, 1.807) is 6.92 Å². The summed E-state index contributed by atoms with van der Waals surface area (Å²) < 4.78 is 5.50. The van der Waals surface area contributed by atoms with Crippen molar-refractivity contribution in [1.29, 1.82) is 0 Å². The molecule has 11 nitrogen and oxygen atoms in total. The number of nitrogens with one attached hydrogen (secondary N) is 3. The van der Waals surface area contributed by atoms with Gasteiger partial charge in [-0.15, -0.1) is 0 Å². The first-order valence-electron chi connectivity index (χ1n) is 14.8. The SMILES string of the molecule is C[C@@H]1NC(=O)[C@H](C2CC2)OC(=O)CC(O)CC/C=C/c2ccc3ccc(nc3c2)[C@@H](C)NC(=O)[C@@H]2CCCN(N2)C1=O. The number of fused-ring (bicyclic) bond motifs is 4. The number of carbonyl (C=O) groups excluding carboxylic acids is 4. The molecule has 5 rings (SSSR count). The second-order valence-electron chi connectivity index (χ2n) is 11.5. The van der Waals surface area contributed by atoms with E-state index in [-0.39, 0.29) is 30.2 Å². The van der Waals surface area contributed by atoms with E-state index >= 15 is 0 Å². The number of benzene rings is 1. The molecule has 5 bridgehead atoms. The molecule has 1 saturated heterocycles. The van der Waals surface area contributed by atoms with Gasteiger partial charge in [0.25, 0.3) is 11.8 Å². The Morgan fingerprint density at radius 2 is 1.71 bits per heavy atom. The summed E-state index contributed by atoms with van der Waals surface area (Å²) in [5, 5.41) is 18.5. The predicted octanol–water partition coefficient (Wildman–Crippen LogP) is 2.29. The van der Waals surface area contributed by atoms with Crippen molar-refractivity contribution >= 4 is 40.7 Å². The van der Waals surface area contributed by atoms with Gasteiger partial charge in [-0.1, -0.05) is 30.4 Å². The zero-order valence-corrected chi connectivity index (χ0v) is 24.0. The standard InChI is InChI=1S/C31H39N5O6/c1-18-24-14-13-21-10-9-20(16-26(21)34-24)6-3-4-7-23(37)17-27(38)42-28(22-11-12-22)30(40)33-19(2)31(41)36-15-5-8-25(35-36)29(39)32-18/h3,6,9-10,13-14,16,18-19,22-23,25,28,35,37H,4-5,7-8,11-12,15,17H2,1-2H3,(H,32,39)(H,33,40)/b6-3+/t18-,19+,23?,25+,28+/m1/s1. The summed E-state index contributed by atoms with van der Waals surface area (Å²) in [5.74, 6) is -1.92. The van der Waals surface area contributed by atoms with Crippen LogP contribution in [-0.4, -0.2) is 69.6 Å². The van der Waals surface area contributed by atoms with Gasteiger partial charge in [0.05, 0.1) is 29.8 Å². The summed E-state index contributed by atoms with van der Waals surface area (Å²) >= 11 is 0. The lowest BCUT2D eigenvalue weighted by molar-refractivity contribution is -0.159. The van der Waals surface area contributed by atoms with Crippen LogP contribution in [-0.2, 0) is 23.9 Å². The number of aliphatic hydroxyl groups is 1. The molecule has 224 valence electrons. The van der Waals surface area contributed by atoms with Crippen molar-refractivity contribution in [2.75, 3.05) is 6.54 Å². The lowest BCUT2D eigenvalue weighted by Gasteiger charge is -2.35. The van der Waals surface area contributed by atoms with Gasteiger partial charge >= 0.3 is 5.97 Å². The van der Waals surface area contributed by atoms with Gasteiger partial charge in [0.2, 0.25) is 5.91 Å². The largest absolute Gasteiger partial charge is 0.452 e. The van der Waals surface area contributed by atoms with Crippen LogP contribution in [0.15, 0.2) is 36.4 Å². The van der Waals surface area contributed by atoms with Crippen molar-refractivity contribution in [3.05, 3.63) is 47.7 Å². The number of carbonyl (C=O) groups is 4. The van der Waals surface area contributed by atoms with Gasteiger partial charge in [-0.2, -0.15) is 0 Å². The van der Waals surface area contributed by atoms with E-state index in [1.165, 1.54) is 5.01 Å². The van der Waals surface area contributed by atoms with Gasteiger partial charge in [-0.25, -0.2) is 5.43 Å². The van der Waals surface area contributed by atoms with E-state index in [0.717, 1.165) is 29.3 Å². The van der Waals surface area contributed by atoms with Crippen LogP contribution in [0, 0.1) is 5.92 Å². The molecular formula is C31H39N5O6. The number of pyridine rings is 1. The van der Waals surface area contributed by atoms with Crippen molar-refractivity contribution in [2.24, 2.45) is 5.92 Å². The topological polar surface area (TPSA) is 150 Å². The molecule has 1 saturated carbocycles. The summed E-state index contributed by atoms with van der Waals surface area (Å²) in [4.78, 5) is 56.8. The number of nitrogens with zero attached hydrogens (tertiary/aromatic N) is 2. The first-order chi connectivity index (χ1) is 20.2. The van der Waals surface area contributed by atoms with Crippen LogP contribution >= 0.6 is 0 Å². The number of aromatic nitrogens is 1. The number of cyclic esters (lactones) is 1. The van der Waals surface area contributed by atoms with Crippen molar-refractivity contribution in [2.45, 2.75) is 89.1 Å². The average molecular weight is 578 g/mol. The molecule has 3 amide bonds. The maximum atomic E-state index is 13.2. The molecule has 2 aliphatic heterocycles. The van der Waals surface area contributed by atoms with E-state index in [1.807, 2.05) is 49.4 Å². The smallest absolute Gasteiger partial charge is 0.309 e. The van der Waals surface area contributed by atoms with Crippen LogP contribution in [0.25, 0.3) is 17.0 Å². The predicted molar refractivity (Wildman–Crippen MR) is 155 cm³/mol. The Morgan fingerprint density at radius 1 is 0.952 bits per heavy atom. The molecule has 1 aromatic heterocycles. The minimum atomic E-state index is -1.01. The number of aliphatic hydroxyl groups excluding tert-OH is 1. The Kier molecular flexibility index (Phi) is 9.18. The average Bonchev–Trinajstić information content (AvgIpc) is 3.82. The zero-order valence-electron chi connectivity index (χ0n) is 24.0. The van der Waals surface area contributed by atoms with Crippen LogP contribution in [0.4, 0.5) is 0 Å². The lowest BCUT2D eigenvalue weighted by Crippen LogP contribution is -2.61. The normalized spacial score (nSPS) is 29.5. The summed E-state index contributed by atoms with van der Waals surface area (Å²) in [6, 6.07) is 7.90. The first-order valence-corrected chi connectivity index (χ1v) is 14.8. The Hall–Kier alpha value is -3.83. The van der Waals surface area contributed by atoms with Crippen LogP contribution in [0.2, 0.25) is 0 Å². The fourth-order valence-corrected chi connectivity index (χ4v) is 5.36. The monoisotopic (exact) mass is 577 g/mol. The molecule has 11 heteroatoms. The van der Waals surface area contributed by atoms with E-state index in [2.05, 4.69) is 16.1 Å². The Labute approximate surface area is 245 Å². The fraction of sp³-hybridized carbons (Fsp3) is 0.516. The lowest BCUT2D eigenvalue weighted by atomic mass is 10.1. The van der Waals surface area contributed by atoms with Crippen molar-refractivity contribution < 1.29 is 29.0 Å². The summed E-state index contributed by atoms with van der Waals surface area (Å²) in [6.07, 6.45) is 5.28. The molecule has 1 aliphatic carbocycles. The molecule has 42 heavy (non-hydrogen) atoms. The van der Waals surface area contributed by atoms with Crippen molar-refractivity contribution in [3.63, 3.8) is 0 Å². The molecule has 1 aromatic carbocycles. The van der Waals surface area contributed by atoms with Gasteiger partial charge in [-0.3, -0.25) is 29.2 Å². The number of rotatable bonds is 1. The maximum Gasteiger partial charge on any atom is 0.309 e. The molecule has 3 heterocycles. The molecular weight excluding hydrogens is 538 g/mol. The number of hydrogen-bond donors (Lipinski definition) is 4. The van der Waals surface area contributed by atoms with Crippen molar-refractivity contribution in [3.8, 4) is 0 Å². The van der Waals surface area contributed by atoms with Gasteiger partial charge < -0.3 is 20.5 Å². The van der Waals surface area contributed by atoms with Gasteiger partial charge in [0.1, 0.15) is 12.1 Å². The second-order valence-corrected chi connectivity index (χ2v) is 11.5. The molecule has 4 N–H and O–H groups in total. The molecule has 2 fully saturated rings. The molecule has 0 radical (unpaired) electrons. The molecule has 5 atom stereocenters. The number of amides is 3. The third kappa shape index (κ3) is 7.32. The number of ether oxygens (including phenoxy) is 1. The molecule has 0 spiro atoms. The molecule has 1 unspecified atom stereocenters. The highest BCUT2D eigenvalue weighted by Gasteiger charge is 2.41. The van der Waals surface area contributed by atoms with Gasteiger partial charge in [0, 0.05) is 17.8 Å². The highest BCUT2D eigenvalue weighted by atomic mass is 16.5. The van der Waals surface area contributed by atoms with E-state index in [9.17, 15) is 24.3 Å². The highest BCUT2D eigenvalue weighted by molar-refractivity contribution is 5.91. The number of hydrogen-bond acceptors (Lipinski definition) is 8. The number of allylic oxidation sites excluding steroid dienone is 1. The third-order valence-electron chi connectivity index (χ3n) is 7.98. The zero-order chi connectivity index (χ0) is 29.8. The maximum absolute atomic E-state index is 13.2. The second kappa shape index (κ2) is 13.0. The van der Waals surface area contributed by atoms with Gasteiger partial charge in [-0.05, 0) is 70.1 Å². The molecule has 2 aromatic rings. The van der Waals surface area contributed by atoms with Crippen molar-refractivity contribution in [1.82, 2.24) is 26.1 Å². The highest BCUT2D eigenvalue weighted by Crippen LogP contribution is 2.35. The third-order valence-corrected chi connectivity index (χ3v) is 7.98. The van der Waals surface area contributed by atoms with Gasteiger partial charge in [0.15, 0.2) is 6.10 Å². The quantitative estimate of drug-likeness (QED) is 0.377. The number of hydrazine groups is 1. The van der Waals surface area contributed by atoms with Crippen LogP contribution in [0.1, 0.15) is 76.1 Å². The molecule has 3 aliphatic rings. The van der Waals surface area contributed by atoms with Crippen LogP contribution in [0.5, 0.6) is 0 Å². The first kappa shape index (κ1) is 29.7. The summed E-state index contributed by atoms with van der Waals surface area (Å²) in [7, 11) is 0. The van der Waals surface area contributed by atoms with E-state index < -0.39 is 36.2 Å². The summed E-state index contributed by atoms with van der Waals surface area (Å²) in [6.45, 7) is 3.83. The Morgan fingerprint density at radius 3 is 2.50 bits per heavy atom. The van der Waals surface area contributed by atoms with Crippen LogP contribution in [0.3, 0.4) is 0 Å². The minimum absolute atomic E-state index is 0.107. The van der Waals surface area contributed by atoms with E-state index in [4.69, 9.17) is 9.72 Å². The number of esters is 1. The fourth-order valence-electron chi connectivity index (χ4n) is 5.36. The minimum Gasteiger partial charge on any atom is -0.452 e. The Bertz CT molecular complexity index is 1370. The van der Waals surface area contributed by atoms with Crippen LogP contribution < -0.4 is 16.1 Å². The Balaban J connectivity index is 1.37.